The van der Waals surface area contributed by atoms with Gasteiger partial charge in [-0.1, -0.05) is 78.1 Å². The summed E-state index contributed by atoms with van der Waals surface area (Å²) >= 11 is 3.94. The quantitative estimate of drug-likeness (QED) is 0.339. The van der Waals surface area contributed by atoms with E-state index in [0.29, 0.717) is 0 Å². The van der Waals surface area contributed by atoms with Crippen LogP contribution in [0.15, 0.2) is 77.0 Å². The summed E-state index contributed by atoms with van der Waals surface area (Å²) in [6.07, 6.45) is 8.00. The van der Waals surface area contributed by atoms with Gasteiger partial charge >= 0.3 is 0 Å². The fourth-order valence-electron chi connectivity index (χ4n) is 5.48. The maximum atomic E-state index is 3.94. The lowest BCUT2D eigenvalue weighted by molar-refractivity contribution is 1.02. The highest BCUT2D eigenvalue weighted by atomic mass is 79.9. The Kier molecular flexibility index (Phi) is 4.60. The van der Waals surface area contributed by atoms with Gasteiger partial charge in [-0.15, -0.1) is 0 Å². The Bertz CT molecular complexity index is 1180. The van der Waals surface area contributed by atoms with Gasteiger partial charge in [0.15, 0.2) is 0 Å². The predicted octanol–water partition coefficient (Wildman–Crippen LogP) is 7.10. The second-order valence-electron chi connectivity index (χ2n) is 9.31. The van der Waals surface area contributed by atoms with Gasteiger partial charge in [0.2, 0.25) is 0 Å². The van der Waals surface area contributed by atoms with Gasteiger partial charge in [-0.2, -0.15) is 0 Å². The second kappa shape index (κ2) is 6.96. The maximum absolute atomic E-state index is 3.94. The van der Waals surface area contributed by atoms with Crippen LogP contribution in [0.2, 0.25) is 13.1 Å². The molecule has 0 N–H and O–H groups in total. The van der Waals surface area contributed by atoms with Gasteiger partial charge in [0.05, 0.1) is 27.9 Å². The van der Waals surface area contributed by atoms with Gasteiger partial charge in [0, 0.05) is 5.56 Å². The van der Waals surface area contributed by atoms with Crippen molar-refractivity contribution >= 4 is 46.2 Å². The van der Waals surface area contributed by atoms with Crippen LogP contribution in [0, 0.1) is 6.92 Å². The number of halogens is 1. The molecule has 152 valence electrons. The number of benzene rings is 2. The molecule has 2 aromatic rings. The van der Waals surface area contributed by atoms with Gasteiger partial charge in [-0.25, -0.2) is 0 Å². The van der Waals surface area contributed by atoms with E-state index in [0.717, 1.165) is 6.42 Å². The molecule has 1 unspecified atom stereocenters. The predicted molar refractivity (Wildman–Crippen MR) is 137 cm³/mol. The van der Waals surface area contributed by atoms with E-state index in [-0.39, 0.29) is 6.04 Å². The molecule has 1 aliphatic heterocycles. The molecule has 1 nitrogen and oxygen atoms in total. The normalized spacial score (nSPS) is 20.3. The summed E-state index contributed by atoms with van der Waals surface area (Å²) in [4.78, 5) is 0. The molecule has 2 aliphatic carbocycles. The first-order chi connectivity index (χ1) is 14.3. The minimum Gasteiger partial charge on any atom is -0.297 e. The van der Waals surface area contributed by atoms with Crippen molar-refractivity contribution in [1.82, 2.24) is 0 Å². The lowest BCUT2D eigenvalue weighted by Gasteiger charge is -2.28. The van der Waals surface area contributed by atoms with Crippen LogP contribution in [0.3, 0.4) is 0 Å². The molecule has 0 spiro atoms. The number of rotatable bonds is 3. The number of nitrogens with zero attached hydrogens (tertiary/aromatic N) is 1. The monoisotopic (exact) mass is 473 g/mol. The zero-order valence-electron chi connectivity index (χ0n) is 18.4. The van der Waals surface area contributed by atoms with E-state index in [1.54, 1.807) is 10.4 Å². The lowest BCUT2D eigenvalue weighted by Crippen LogP contribution is -2.45. The highest BCUT2D eigenvalue weighted by Gasteiger charge is 2.43. The summed E-state index contributed by atoms with van der Waals surface area (Å²) in [5.41, 5.74) is 11.2. The van der Waals surface area contributed by atoms with Gasteiger partial charge in [-0.05, 0) is 66.7 Å². The Morgan fingerprint density at radius 2 is 1.77 bits per heavy atom. The molecule has 0 fully saturated rings. The van der Waals surface area contributed by atoms with Crippen LogP contribution in [0.4, 0.5) is 5.69 Å². The maximum Gasteiger partial charge on any atom is 0.108 e. The van der Waals surface area contributed by atoms with Crippen LogP contribution < -0.4 is 9.11 Å². The molecule has 3 aliphatic rings. The van der Waals surface area contributed by atoms with Crippen molar-refractivity contribution in [3.05, 3.63) is 93.7 Å². The Hall–Kier alpha value is -2.10. The minimum absolute atomic E-state index is 0.280. The Labute approximate surface area is 189 Å². The first-order valence-corrected chi connectivity index (χ1v) is 14.5. The molecule has 0 saturated heterocycles. The molecule has 30 heavy (non-hydrogen) atoms. The Morgan fingerprint density at radius 3 is 2.43 bits per heavy atom. The zero-order chi connectivity index (χ0) is 21.2. The minimum atomic E-state index is -1.71. The smallest absolute Gasteiger partial charge is 0.108 e. The van der Waals surface area contributed by atoms with Crippen molar-refractivity contribution in [3.63, 3.8) is 0 Å². The van der Waals surface area contributed by atoms with E-state index in [1.165, 1.54) is 44.7 Å². The summed E-state index contributed by atoms with van der Waals surface area (Å²) in [6.45, 7) is 11.9. The summed E-state index contributed by atoms with van der Waals surface area (Å²) in [6, 6.07) is 16.1. The Morgan fingerprint density at radius 1 is 1.03 bits per heavy atom. The summed E-state index contributed by atoms with van der Waals surface area (Å²) in [5, 5.41) is 3.20. The molecule has 2 aromatic carbocycles. The van der Waals surface area contributed by atoms with Crippen LogP contribution in [0.5, 0.6) is 0 Å². The van der Waals surface area contributed by atoms with Crippen LogP contribution in [0.25, 0.3) is 11.1 Å². The standard InChI is InChI=1S/C27H28BrNSi/c1-17-15-23-22(16-24(17)30(4,5)21-13-9-10-14-21)26-25(20-11-7-6-8-12-20)18(2)19(3)27(26)29(23)28/h6-13,15-16,27H,14H2,1-5H3. The largest absolute Gasteiger partial charge is 0.297 e. The number of hydrogen-bond donors (Lipinski definition) is 0. The third-order valence-electron chi connectivity index (χ3n) is 7.32. The van der Waals surface area contributed by atoms with Crippen molar-refractivity contribution < 1.29 is 0 Å². The number of fused-ring (bicyclic) bond motifs is 3. The molecule has 0 radical (unpaired) electrons. The summed E-state index contributed by atoms with van der Waals surface area (Å²) in [5.74, 6) is 0. The molecule has 0 amide bonds. The molecule has 0 saturated carbocycles. The molecule has 5 rings (SSSR count). The van der Waals surface area contributed by atoms with E-state index in [9.17, 15) is 0 Å². The third-order valence-corrected chi connectivity index (χ3v) is 12.0. The average molecular weight is 475 g/mol. The molecular formula is C27H28BrNSi. The number of allylic oxidation sites excluding steroid dienone is 6. The highest BCUT2D eigenvalue weighted by molar-refractivity contribution is 9.10. The second-order valence-corrected chi connectivity index (χ2v) is 14.5. The van der Waals surface area contributed by atoms with E-state index in [4.69, 9.17) is 0 Å². The lowest BCUT2D eigenvalue weighted by atomic mass is 9.93. The topological polar surface area (TPSA) is 3.24 Å². The van der Waals surface area contributed by atoms with E-state index >= 15 is 0 Å². The molecule has 3 heteroatoms. The fraction of sp³-hybridized carbons (Fsp3) is 0.259. The molecule has 0 aromatic heterocycles. The van der Waals surface area contributed by atoms with Crippen molar-refractivity contribution in [2.75, 3.05) is 3.93 Å². The van der Waals surface area contributed by atoms with Crippen LogP contribution in [-0.2, 0) is 0 Å². The fourth-order valence-corrected chi connectivity index (χ4v) is 9.34. The van der Waals surface area contributed by atoms with Crippen LogP contribution >= 0.6 is 16.1 Å². The van der Waals surface area contributed by atoms with E-state index in [2.05, 4.69) is 115 Å². The Balaban J connectivity index is 1.75. The van der Waals surface area contributed by atoms with Crippen molar-refractivity contribution in [1.29, 1.82) is 0 Å². The zero-order valence-corrected chi connectivity index (χ0v) is 21.0. The average Bonchev–Trinajstić information content (AvgIpc) is 3.42. The first-order valence-electron chi connectivity index (χ1n) is 10.8. The van der Waals surface area contributed by atoms with Crippen molar-refractivity contribution in [2.24, 2.45) is 0 Å². The molecular weight excluding hydrogens is 446 g/mol. The third kappa shape index (κ3) is 2.71. The van der Waals surface area contributed by atoms with Crippen molar-refractivity contribution in [3.8, 4) is 0 Å². The summed E-state index contributed by atoms with van der Waals surface area (Å²) in [7, 11) is -1.71. The van der Waals surface area contributed by atoms with Gasteiger partial charge < -0.3 is 0 Å². The van der Waals surface area contributed by atoms with Crippen LogP contribution in [0.1, 0.15) is 37.0 Å². The SMILES string of the molecule is CC1=C(C)C2C(=C1c1ccccc1)c1cc([Si](C)(C)C3=CC=CC3)c(C)cc1N2Br. The molecule has 1 atom stereocenters. The molecule has 0 bridgehead atoms. The number of aryl methyl sites for hydroxylation is 1. The number of anilines is 1. The summed E-state index contributed by atoms with van der Waals surface area (Å²) < 4.78 is 2.31. The first kappa shape index (κ1) is 19.8. The van der Waals surface area contributed by atoms with Crippen molar-refractivity contribution in [2.45, 2.75) is 46.3 Å². The highest BCUT2D eigenvalue weighted by Crippen LogP contribution is 2.54. The van der Waals surface area contributed by atoms with Gasteiger partial charge in [0.1, 0.15) is 8.07 Å². The molecule has 1 heterocycles. The van der Waals surface area contributed by atoms with E-state index in [1.807, 2.05) is 0 Å². The van der Waals surface area contributed by atoms with E-state index < -0.39 is 8.07 Å². The number of hydrogen-bond acceptors (Lipinski definition) is 1. The van der Waals surface area contributed by atoms with Gasteiger partial charge in [-0.3, -0.25) is 3.93 Å². The van der Waals surface area contributed by atoms with Gasteiger partial charge in [0.25, 0.3) is 0 Å². The van der Waals surface area contributed by atoms with Crippen LogP contribution in [-0.4, -0.2) is 14.1 Å².